The molecule has 0 spiro atoms. The third kappa shape index (κ3) is 3.68. The highest BCUT2D eigenvalue weighted by atomic mass is 19.1. The first kappa shape index (κ1) is 16.7. The molecule has 0 unspecified atom stereocenters. The van der Waals surface area contributed by atoms with Gasteiger partial charge < -0.3 is 9.64 Å². The van der Waals surface area contributed by atoms with Crippen molar-refractivity contribution < 1.29 is 13.9 Å². The lowest BCUT2D eigenvalue weighted by molar-refractivity contribution is 0.0786. The summed E-state index contributed by atoms with van der Waals surface area (Å²) < 4.78 is 18.5. The standard InChI is InChI=1S/C19H18FN3O2/c1-23(12-13-4-3-5-15(20)10-13)19(24)17-11-21-22-18(17)14-6-8-16(25-2)9-7-14/h3-11H,12H2,1-2H3,(H,21,22). The summed E-state index contributed by atoms with van der Waals surface area (Å²) in [5, 5.41) is 6.87. The maximum absolute atomic E-state index is 13.3. The van der Waals surface area contributed by atoms with Crippen molar-refractivity contribution in [2.24, 2.45) is 0 Å². The summed E-state index contributed by atoms with van der Waals surface area (Å²) in [6.07, 6.45) is 1.50. The highest BCUT2D eigenvalue weighted by Crippen LogP contribution is 2.24. The van der Waals surface area contributed by atoms with Gasteiger partial charge in [0.1, 0.15) is 11.6 Å². The van der Waals surface area contributed by atoms with Crippen LogP contribution in [0.25, 0.3) is 11.3 Å². The Balaban J connectivity index is 1.81. The largest absolute Gasteiger partial charge is 0.497 e. The zero-order chi connectivity index (χ0) is 17.8. The molecule has 6 heteroatoms. The van der Waals surface area contributed by atoms with E-state index in [2.05, 4.69) is 10.2 Å². The van der Waals surface area contributed by atoms with Crippen molar-refractivity contribution in [2.75, 3.05) is 14.2 Å². The van der Waals surface area contributed by atoms with Crippen molar-refractivity contribution in [1.29, 1.82) is 0 Å². The van der Waals surface area contributed by atoms with Gasteiger partial charge >= 0.3 is 0 Å². The third-order valence-electron chi connectivity index (χ3n) is 3.90. The van der Waals surface area contributed by atoms with Crippen LogP contribution in [0.3, 0.4) is 0 Å². The normalized spacial score (nSPS) is 10.5. The summed E-state index contributed by atoms with van der Waals surface area (Å²) in [5.74, 6) is 0.226. The Hall–Kier alpha value is -3.15. The molecule has 0 fully saturated rings. The van der Waals surface area contributed by atoms with E-state index in [9.17, 15) is 9.18 Å². The third-order valence-corrected chi connectivity index (χ3v) is 3.90. The molecule has 1 N–H and O–H groups in total. The number of hydrogen-bond acceptors (Lipinski definition) is 3. The lowest BCUT2D eigenvalue weighted by Gasteiger charge is -2.17. The molecule has 0 aliphatic rings. The van der Waals surface area contributed by atoms with Gasteiger partial charge in [-0.3, -0.25) is 9.89 Å². The van der Waals surface area contributed by atoms with Crippen LogP contribution < -0.4 is 4.74 Å². The number of rotatable bonds is 5. The van der Waals surface area contributed by atoms with Crippen LogP contribution >= 0.6 is 0 Å². The van der Waals surface area contributed by atoms with Crippen molar-refractivity contribution in [2.45, 2.75) is 6.54 Å². The smallest absolute Gasteiger partial charge is 0.257 e. The van der Waals surface area contributed by atoms with Gasteiger partial charge in [-0.05, 0) is 42.0 Å². The van der Waals surface area contributed by atoms with Gasteiger partial charge in [-0.15, -0.1) is 0 Å². The van der Waals surface area contributed by atoms with Gasteiger partial charge in [0.15, 0.2) is 0 Å². The molecule has 0 atom stereocenters. The molecule has 3 aromatic rings. The Morgan fingerprint density at radius 2 is 2.00 bits per heavy atom. The number of nitrogens with one attached hydrogen (secondary N) is 1. The number of halogens is 1. The molecular formula is C19H18FN3O2. The number of methoxy groups -OCH3 is 1. The Kier molecular flexibility index (Phi) is 4.79. The molecule has 1 amide bonds. The van der Waals surface area contributed by atoms with E-state index in [1.165, 1.54) is 23.2 Å². The predicted molar refractivity (Wildman–Crippen MR) is 92.8 cm³/mol. The first-order chi connectivity index (χ1) is 12.1. The van der Waals surface area contributed by atoms with E-state index in [0.29, 0.717) is 17.8 Å². The second-order valence-corrected chi connectivity index (χ2v) is 5.68. The molecule has 0 saturated heterocycles. The molecule has 128 valence electrons. The first-order valence-corrected chi connectivity index (χ1v) is 7.76. The van der Waals surface area contributed by atoms with Gasteiger partial charge in [-0.25, -0.2) is 4.39 Å². The average molecular weight is 339 g/mol. The Labute approximate surface area is 145 Å². The van der Waals surface area contributed by atoms with E-state index in [4.69, 9.17) is 4.74 Å². The Bertz CT molecular complexity index is 874. The van der Waals surface area contributed by atoms with Gasteiger partial charge in [-0.1, -0.05) is 12.1 Å². The number of nitrogens with zero attached hydrogens (tertiary/aromatic N) is 2. The fourth-order valence-corrected chi connectivity index (χ4v) is 2.61. The number of aromatic amines is 1. The molecule has 2 aromatic carbocycles. The minimum absolute atomic E-state index is 0.191. The number of H-pyrrole nitrogens is 1. The topological polar surface area (TPSA) is 58.2 Å². The van der Waals surface area contributed by atoms with E-state index >= 15 is 0 Å². The second-order valence-electron chi connectivity index (χ2n) is 5.68. The molecule has 5 nitrogen and oxygen atoms in total. The average Bonchev–Trinajstić information content (AvgIpc) is 3.10. The Morgan fingerprint density at radius 3 is 2.68 bits per heavy atom. The van der Waals surface area contributed by atoms with Gasteiger partial charge in [-0.2, -0.15) is 5.10 Å². The molecular weight excluding hydrogens is 321 g/mol. The number of ether oxygens (including phenoxy) is 1. The van der Waals surface area contributed by atoms with E-state index in [0.717, 1.165) is 16.9 Å². The van der Waals surface area contributed by atoms with Crippen LogP contribution in [0.5, 0.6) is 5.75 Å². The molecule has 0 saturated carbocycles. The molecule has 0 bridgehead atoms. The SMILES string of the molecule is COc1ccc(-c2[nH]ncc2C(=O)N(C)Cc2cccc(F)c2)cc1. The fourth-order valence-electron chi connectivity index (χ4n) is 2.61. The highest BCUT2D eigenvalue weighted by molar-refractivity contribution is 5.99. The summed E-state index contributed by atoms with van der Waals surface area (Å²) in [6, 6.07) is 13.6. The monoisotopic (exact) mass is 339 g/mol. The number of carbonyl (C=O) groups excluding carboxylic acids is 1. The van der Waals surface area contributed by atoms with Crippen LogP contribution in [0.2, 0.25) is 0 Å². The van der Waals surface area contributed by atoms with Crippen LogP contribution in [-0.4, -0.2) is 35.2 Å². The molecule has 0 aliphatic carbocycles. The zero-order valence-corrected chi connectivity index (χ0v) is 14.0. The fraction of sp³-hybridized carbons (Fsp3) is 0.158. The van der Waals surface area contributed by atoms with E-state index in [1.807, 2.05) is 24.3 Å². The number of aromatic nitrogens is 2. The summed E-state index contributed by atoms with van der Waals surface area (Å²) in [4.78, 5) is 14.3. The molecule has 25 heavy (non-hydrogen) atoms. The predicted octanol–water partition coefficient (Wildman–Crippen LogP) is 3.50. The van der Waals surface area contributed by atoms with Crippen LogP contribution in [0, 0.1) is 5.82 Å². The summed E-state index contributed by atoms with van der Waals surface area (Å²) in [7, 11) is 3.28. The number of benzene rings is 2. The lowest BCUT2D eigenvalue weighted by atomic mass is 10.1. The minimum Gasteiger partial charge on any atom is -0.497 e. The van der Waals surface area contributed by atoms with Crippen LogP contribution in [0.1, 0.15) is 15.9 Å². The maximum atomic E-state index is 13.3. The molecule has 3 rings (SSSR count). The maximum Gasteiger partial charge on any atom is 0.257 e. The number of hydrogen-bond donors (Lipinski definition) is 1. The van der Waals surface area contributed by atoms with Crippen molar-refractivity contribution in [1.82, 2.24) is 15.1 Å². The number of amides is 1. The van der Waals surface area contributed by atoms with Crippen LogP contribution in [0.4, 0.5) is 4.39 Å². The lowest BCUT2D eigenvalue weighted by Crippen LogP contribution is -2.26. The van der Waals surface area contributed by atoms with Crippen molar-refractivity contribution >= 4 is 5.91 Å². The summed E-state index contributed by atoms with van der Waals surface area (Å²) in [6.45, 7) is 0.309. The zero-order valence-electron chi connectivity index (χ0n) is 14.0. The quantitative estimate of drug-likeness (QED) is 0.774. The minimum atomic E-state index is -0.319. The molecule has 0 radical (unpaired) electrons. The Morgan fingerprint density at radius 1 is 1.24 bits per heavy atom. The van der Waals surface area contributed by atoms with Gasteiger partial charge in [0.25, 0.3) is 5.91 Å². The number of carbonyl (C=O) groups is 1. The van der Waals surface area contributed by atoms with Crippen molar-refractivity contribution in [3.8, 4) is 17.0 Å². The van der Waals surface area contributed by atoms with E-state index < -0.39 is 0 Å². The van der Waals surface area contributed by atoms with Crippen LogP contribution in [0.15, 0.2) is 54.7 Å². The van der Waals surface area contributed by atoms with Gasteiger partial charge in [0, 0.05) is 19.2 Å². The first-order valence-electron chi connectivity index (χ1n) is 7.76. The van der Waals surface area contributed by atoms with Gasteiger partial charge in [0.2, 0.25) is 0 Å². The summed E-state index contributed by atoms with van der Waals surface area (Å²) >= 11 is 0. The van der Waals surface area contributed by atoms with E-state index in [1.54, 1.807) is 26.3 Å². The van der Waals surface area contributed by atoms with E-state index in [-0.39, 0.29) is 11.7 Å². The second kappa shape index (κ2) is 7.17. The van der Waals surface area contributed by atoms with Crippen LogP contribution in [-0.2, 0) is 6.54 Å². The van der Waals surface area contributed by atoms with Gasteiger partial charge in [0.05, 0.1) is 24.6 Å². The summed E-state index contributed by atoms with van der Waals surface area (Å²) in [5.41, 5.74) is 2.66. The van der Waals surface area contributed by atoms with Crippen molar-refractivity contribution in [3.05, 3.63) is 71.7 Å². The molecule has 1 aromatic heterocycles. The molecule has 0 aliphatic heterocycles. The van der Waals surface area contributed by atoms with Crippen molar-refractivity contribution in [3.63, 3.8) is 0 Å². The highest BCUT2D eigenvalue weighted by Gasteiger charge is 2.19. The molecule has 1 heterocycles.